The first kappa shape index (κ1) is 34.4. The van der Waals surface area contributed by atoms with Crippen LogP contribution in [0, 0.1) is 40.8 Å². The molecule has 1 saturated heterocycles. The Morgan fingerprint density at radius 2 is 1.40 bits per heavy atom. The monoisotopic (exact) mass is 678 g/mol. The molecule has 1 fully saturated rings. The molecular weight excluding hydrogens is 650 g/mol. The van der Waals surface area contributed by atoms with E-state index in [0.29, 0.717) is 32.0 Å². The van der Waals surface area contributed by atoms with E-state index < -0.39 is 52.7 Å². The van der Waals surface area contributed by atoms with Crippen molar-refractivity contribution in [2.75, 3.05) is 26.4 Å². The predicted molar refractivity (Wildman–Crippen MR) is 162 cm³/mol. The van der Waals surface area contributed by atoms with E-state index in [1.54, 1.807) is 0 Å². The highest BCUT2D eigenvalue weighted by Crippen LogP contribution is 2.35. The lowest BCUT2D eigenvalue weighted by Crippen LogP contribution is -2.28. The molecule has 1 aliphatic rings. The molecule has 0 bridgehead atoms. The molecule has 0 unspecified atom stereocenters. The van der Waals surface area contributed by atoms with Crippen LogP contribution in [0.1, 0.15) is 48.4 Å². The van der Waals surface area contributed by atoms with E-state index in [-0.39, 0.29) is 38.9 Å². The van der Waals surface area contributed by atoms with Gasteiger partial charge in [0.05, 0.1) is 18.2 Å². The number of rotatable bonds is 11. The lowest BCUT2D eigenvalue weighted by Gasteiger charge is -2.29. The molecule has 1 heterocycles. The molecule has 4 aromatic rings. The first-order valence-corrected chi connectivity index (χ1v) is 15.2. The van der Waals surface area contributed by atoms with Crippen LogP contribution in [0.4, 0.5) is 26.3 Å². The van der Waals surface area contributed by atoms with Crippen molar-refractivity contribution in [1.29, 1.82) is 0 Å². The van der Waals surface area contributed by atoms with E-state index in [1.165, 1.54) is 24.3 Å². The molecule has 12 heteroatoms. The highest BCUT2D eigenvalue weighted by molar-refractivity contribution is 6.33. The van der Waals surface area contributed by atoms with Crippen molar-refractivity contribution in [2.45, 2.75) is 32.5 Å². The molecule has 0 N–H and O–H groups in total. The maximum Gasteiger partial charge on any atom is 0.349 e. The number of carbonyl (C=O) groups excluding carboxylic acids is 1. The molecule has 47 heavy (non-hydrogen) atoms. The zero-order chi connectivity index (χ0) is 33.7. The molecule has 0 spiro atoms. The number of hydrogen-bond acceptors (Lipinski definition) is 5. The van der Waals surface area contributed by atoms with E-state index in [2.05, 4.69) is 6.92 Å². The Labute approximate surface area is 272 Å². The van der Waals surface area contributed by atoms with Gasteiger partial charge in [0.1, 0.15) is 28.8 Å². The quantitative estimate of drug-likeness (QED) is 0.0520. The lowest BCUT2D eigenvalue weighted by molar-refractivity contribution is -0.207. The fraction of sp³-hybridized carbons (Fsp3) is 0.286. The number of ether oxygens (including phenoxy) is 4. The molecule has 0 amide bonds. The van der Waals surface area contributed by atoms with Crippen molar-refractivity contribution in [3.8, 4) is 28.0 Å². The maximum absolute atomic E-state index is 15.2. The molecule has 0 aromatic heterocycles. The maximum atomic E-state index is 15.2. The van der Waals surface area contributed by atoms with Crippen LogP contribution in [0.25, 0.3) is 22.3 Å². The third kappa shape index (κ3) is 8.16. The second-order valence-corrected chi connectivity index (χ2v) is 11.4. The molecule has 0 saturated carbocycles. The Hall–Kier alpha value is -3.90. The van der Waals surface area contributed by atoms with Gasteiger partial charge in [-0.25, -0.2) is 31.1 Å². The van der Waals surface area contributed by atoms with Gasteiger partial charge in [-0.1, -0.05) is 37.1 Å². The number of benzene rings is 4. The molecule has 0 atom stereocenters. The van der Waals surface area contributed by atoms with E-state index in [4.69, 9.17) is 30.5 Å². The summed E-state index contributed by atoms with van der Waals surface area (Å²) >= 11 is 6.17. The number of unbranched alkanes of at least 4 members (excludes halogenated alkanes) is 1. The van der Waals surface area contributed by atoms with Gasteiger partial charge in [-0.05, 0) is 66.4 Å². The Morgan fingerprint density at radius 1 is 0.787 bits per heavy atom. The minimum atomic E-state index is -1.65. The third-order valence-electron chi connectivity index (χ3n) is 7.55. The predicted octanol–water partition coefficient (Wildman–Crippen LogP) is 9.60. The number of carbonyl (C=O) groups is 1. The lowest BCUT2D eigenvalue weighted by atomic mass is 10.00. The smallest absolute Gasteiger partial charge is 0.349 e. The highest BCUT2D eigenvalue weighted by atomic mass is 35.5. The van der Waals surface area contributed by atoms with Gasteiger partial charge in [0.25, 0.3) is 0 Å². The van der Waals surface area contributed by atoms with Gasteiger partial charge in [0, 0.05) is 41.9 Å². The van der Waals surface area contributed by atoms with Crippen LogP contribution in [0.5, 0.6) is 5.75 Å². The molecule has 0 aliphatic carbocycles. The van der Waals surface area contributed by atoms with Crippen molar-refractivity contribution >= 4 is 17.6 Å². The summed E-state index contributed by atoms with van der Waals surface area (Å²) in [4.78, 5) is 12.7. The van der Waals surface area contributed by atoms with Crippen molar-refractivity contribution in [3.63, 3.8) is 0 Å². The summed E-state index contributed by atoms with van der Waals surface area (Å²) in [5, 5.41) is -0.146. The summed E-state index contributed by atoms with van der Waals surface area (Å²) in [5.74, 6) is -9.43. The van der Waals surface area contributed by atoms with Gasteiger partial charge >= 0.3 is 5.97 Å². The standard InChI is InChI=1S/C35H29ClF6O5/c1-2-3-9-44-10-8-19-17-45-35(46-18-19)20-4-6-25(27(37)11-20)22-12-28(38)32(29(39)13-22)34(43)47-23-5-7-24(26(36)16-23)21-14-30(40)33(42)31(41)15-21/h4-7,11-16,19,35H,2-3,8-10,17-18H2,1H3. The van der Waals surface area contributed by atoms with Gasteiger partial charge in [0.15, 0.2) is 23.7 Å². The van der Waals surface area contributed by atoms with Crippen molar-refractivity contribution < 1.29 is 50.1 Å². The van der Waals surface area contributed by atoms with Gasteiger partial charge in [-0.2, -0.15) is 0 Å². The molecular formula is C35H29ClF6O5. The van der Waals surface area contributed by atoms with Gasteiger partial charge < -0.3 is 18.9 Å². The summed E-state index contributed by atoms with van der Waals surface area (Å²) in [5.41, 5.74) is -0.954. The van der Waals surface area contributed by atoms with Crippen LogP contribution in [0.15, 0.2) is 60.7 Å². The van der Waals surface area contributed by atoms with Gasteiger partial charge in [-0.15, -0.1) is 0 Å². The second kappa shape index (κ2) is 15.3. The van der Waals surface area contributed by atoms with E-state index >= 15 is 13.2 Å². The first-order valence-electron chi connectivity index (χ1n) is 14.8. The fourth-order valence-electron chi connectivity index (χ4n) is 5.00. The SMILES string of the molecule is CCCCOCCC1COC(c2ccc(-c3cc(F)c(C(=O)Oc4ccc(-c5cc(F)c(F)c(F)c5)c(Cl)c4)c(F)c3)c(F)c2)OC1. The number of esters is 1. The van der Waals surface area contributed by atoms with Crippen LogP contribution in [0.2, 0.25) is 5.02 Å². The topological polar surface area (TPSA) is 54.0 Å². The summed E-state index contributed by atoms with van der Waals surface area (Å²) in [7, 11) is 0. The number of halogens is 7. The summed E-state index contributed by atoms with van der Waals surface area (Å²) in [6.07, 6.45) is 2.03. The van der Waals surface area contributed by atoms with Crippen LogP contribution in [-0.2, 0) is 14.2 Å². The molecule has 248 valence electrons. The van der Waals surface area contributed by atoms with Crippen LogP contribution < -0.4 is 4.74 Å². The Morgan fingerprint density at radius 3 is 2.02 bits per heavy atom. The van der Waals surface area contributed by atoms with Crippen LogP contribution in [0.3, 0.4) is 0 Å². The van der Waals surface area contributed by atoms with Crippen LogP contribution in [-0.4, -0.2) is 32.4 Å². The largest absolute Gasteiger partial charge is 0.423 e. The van der Waals surface area contributed by atoms with Crippen LogP contribution >= 0.6 is 11.6 Å². The Balaban J connectivity index is 1.24. The zero-order valence-electron chi connectivity index (χ0n) is 25.1. The molecule has 1 aliphatic heterocycles. The van der Waals surface area contributed by atoms with Gasteiger partial charge in [0.2, 0.25) is 0 Å². The van der Waals surface area contributed by atoms with E-state index in [9.17, 15) is 18.0 Å². The normalized spacial score (nSPS) is 16.3. The fourth-order valence-corrected chi connectivity index (χ4v) is 5.28. The van der Waals surface area contributed by atoms with Crippen molar-refractivity contribution in [1.82, 2.24) is 0 Å². The Bertz CT molecular complexity index is 1710. The highest BCUT2D eigenvalue weighted by Gasteiger charge is 2.26. The van der Waals surface area contributed by atoms with Crippen molar-refractivity contribution in [3.05, 3.63) is 112 Å². The first-order chi connectivity index (χ1) is 22.5. The summed E-state index contributed by atoms with van der Waals surface area (Å²) in [6, 6.07) is 10.6. The molecule has 4 aromatic carbocycles. The average molecular weight is 679 g/mol. The summed E-state index contributed by atoms with van der Waals surface area (Å²) < 4.78 is 108. The molecule has 0 radical (unpaired) electrons. The molecule has 5 nitrogen and oxygen atoms in total. The van der Waals surface area contributed by atoms with E-state index in [1.807, 2.05) is 0 Å². The second-order valence-electron chi connectivity index (χ2n) is 11.0. The zero-order valence-corrected chi connectivity index (χ0v) is 25.8. The third-order valence-corrected chi connectivity index (χ3v) is 7.86. The Kier molecular flexibility index (Phi) is 11.2. The van der Waals surface area contributed by atoms with Crippen molar-refractivity contribution in [2.24, 2.45) is 5.92 Å². The molecule has 5 rings (SSSR count). The minimum absolute atomic E-state index is 0.0769. The van der Waals surface area contributed by atoms with E-state index in [0.717, 1.165) is 55.7 Å². The minimum Gasteiger partial charge on any atom is -0.423 e. The number of hydrogen-bond donors (Lipinski definition) is 0. The summed E-state index contributed by atoms with van der Waals surface area (Å²) in [6.45, 7) is 4.21. The van der Waals surface area contributed by atoms with Gasteiger partial charge in [-0.3, -0.25) is 0 Å². The average Bonchev–Trinajstić information content (AvgIpc) is 3.03.